The van der Waals surface area contributed by atoms with Gasteiger partial charge in [0.1, 0.15) is 22.5 Å². The number of H-pyrrole nitrogens is 1. The molecule has 0 radical (unpaired) electrons. The van der Waals surface area contributed by atoms with Gasteiger partial charge in [-0.3, -0.25) is 0 Å². The number of aromatic nitrogens is 2. The number of nitriles is 1. The molecule has 0 amide bonds. The summed E-state index contributed by atoms with van der Waals surface area (Å²) >= 11 is 0. The quantitative estimate of drug-likeness (QED) is 0.376. The maximum atomic E-state index is 12.5. The predicted molar refractivity (Wildman–Crippen MR) is 115 cm³/mol. The van der Waals surface area contributed by atoms with Crippen LogP contribution in [0.2, 0.25) is 0 Å². The lowest BCUT2D eigenvalue weighted by atomic mass is 10.1. The van der Waals surface area contributed by atoms with Gasteiger partial charge in [-0.15, -0.1) is 0 Å². The second-order valence-electron chi connectivity index (χ2n) is 6.70. The smallest absolute Gasteiger partial charge is 0.339 e. The average Bonchev–Trinajstić information content (AvgIpc) is 3.16. The molecule has 1 N–H and O–H groups in total. The highest BCUT2D eigenvalue weighted by Gasteiger charge is 2.16. The Morgan fingerprint density at radius 1 is 1.07 bits per heavy atom. The summed E-state index contributed by atoms with van der Waals surface area (Å²) in [5, 5.41) is 9.59. The van der Waals surface area contributed by atoms with Crippen LogP contribution in [-0.2, 0) is 10.1 Å². The van der Waals surface area contributed by atoms with Gasteiger partial charge >= 0.3 is 10.1 Å². The summed E-state index contributed by atoms with van der Waals surface area (Å²) in [4.78, 5) is 7.63. The van der Waals surface area contributed by atoms with Crippen molar-refractivity contribution in [2.24, 2.45) is 0 Å². The van der Waals surface area contributed by atoms with Gasteiger partial charge in [0.15, 0.2) is 0 Å². The fourth-order valence-corrected chi connectivity index (χ4v) is 3.86. The second kappa shape index (κ2) is 7.85. The van der Waals surface area contributed by atoms with Crippen LogP contribution in [-0.4, -0.2) is 18.4 Å². The number of hydrogen-bond acceptors (Lipinski definition) is 5. The maximum Gasteiger partial charge on any atom is 0.339 e. The topological polar surface area (TPSA) is 95.8 Å². The number of allylic oxidation sites excluding steroid dienone is 1. The van der Waals surface area contributed by atoms with Gasteiger partial charge in [-0.2, -0.15) is 13.7 Å². The highest BCUT2D eigenvalue weighted by Crippen LogP contribution is 2.23. The van der Waals surface area contributed by atoms with E-state index in [-0.39, 0.29) is 10.6 Å². The molecule has 0 fully saturated rings. The van der Waals surface area contributed by atoms with Crippen molar-refractivity contribution < 1.29 is 12.6 Å². The zero-order chi connectivity index (χ0) is 21.1. The monoisotopic (exact) mass is 415 g/mol. The summed E-state index contributed by atoms with van der Waals surface area (Å²) in [6.07, 6.45) is 1.63. The van der Waals surface area contributed by atoms with Crippen LogP contribution in [0.15, 0.2) is 77.7 Å². The molecular formula is C23H17N3O3S. The summed E-state index contributed by atoms with van der Waals surface area (Å²) in [6, 6.07) is 22.6. The number of hydrogen-bond donors (Lipinski definition) is 1. The molecule has 0 aliphatic rings. The average molecular weight is 415 g/mol. The SMILES string of the molecule is Cc1ccc(S(=O)(=O)Oc2cccc(/C=C(/C#N)c3nc4ccccc4[nH]3)c2)cc1. The molecule has 0 spiro atoms. The molecule has 7 heteroatoms. The van der Waals surface area contributed by atoms with Crippen molar-refractivity contribution in [2.75, 3.05) is 0 Å². The second-order valence-corrected chi connectivity index (χ2v) is 8.24. The first kappa shape index (κ1) is 19.4. The molecule has 3 aromatic carbocycles. The van der Waals surface area contributed by atoms with Gasteiger partial charge in [0, 0.05) is 0 Å². The van der Waals surface area contributed by atoms with Crippen molar-refractivity contribution in [3.05, 3.63) is 89.7 Å². The molecule has 0 aliphatic heterocycles. The summed E-state index contributed by atoms with van der Waals surface area (Å²) in [5.74, 6) is 0.600. The van der Waals surface area contributed by atoms with E-state index in [1.165, 1.54) is 12.1 Å². The minimum Gasteiger partial charge on any atom is -0.379 e. The van der Waals surface area contributed by atoms with E-state index in [0.717, 1.165) is 16.6 Å². The number of aryl methyl sites for hydroxylation is 1. The maximum absolute atomic E-state index is 12.5. The largest absolute Gasteiger partial charge is 0.379 e. The van der Waals surface area contributed by atoms with E-state index in [4.69, 9.17) is 4.18 Å². The number of benzene rings is 3. The summed E-state index contributed by atoms with van der Waals surface area (Å²) in [5.41, 5.74) is 3.48. The lowest BCUT2D eigenvalue weighted by Crippen LogP contribution is -2.09. The number of imidazole rings is 1. The fraction of sp³-hybridized carbons (Fsp3) is 0.0435. The Morgan fingerprint density at radius 3 is 2.57 bits per heavy atom. The number of para-hydroxylation sites is 2. The Balaban J connectivity index is 1.63. The van der Waals surface area contributed by atoms with E-state index < -0.39 is 10.1 Å². The zero-order valence-electron chi connectivity index (χ0n) is 16.0. The standard InChI is InChI=1S/C23H17N3O3S/c1-16-9-11-20(12-10-16)30(27,28)29-19-6-4-5-17(14-19)13-18(15-24)23-25-21-7-2-3-8-22(21)26-23/h2-14H,1H3,(H,25,26)/b18-13-. The van der Waals surface area contributed by atoms with Crippen molar-refractivity contribution in [2.45, 2.75) is 11.8 Å². The first-order chi connectivity index (χ1) is 14.4. The third-order valence-corrected chi connectivity index (χ3v) is 5.71. The van der Waals surface area contributed by atoms with Crippen LogP contribution in [0.1, 0.15) is 17.0 Å². The van der Waals surface area contributed by atoms with Crippen LogP contribution in [0.25, 0.3) is 22.7 Å². The van der Waals surface area contributed by atoms with E-state index in [9.17, 15) is 13.7 Å². The van der Waals surface area contributed by atoms with Crippen LogP contribution in [0.5, 0.6) is 5.75 Å². The highest BCUT2D eigenvalue weighted by atomic mass is 32.2. The van der Waals surface area contributed by atoms with E-state index in [2.05, 4.69) is 16.0 Å². The molecule has 0 bridgehead atoms. The Morgan fingerprint density at radius 2 is 1.83 bits per heavy atom. The Bertz CT molecular complexity index is 1360. The normalized spacial score (nSPS) is 11.9. The predicted octanol–water partition coefficient (Wildman–Crippen LogP) is 4.70. The minimum absolute atomic E-state index is 0.0778. The third-order valence-electron chi connectivity index (χ3n) is 4.45. The number of rotatable bonds is 5. The number of nitrogens with one attached hydrogen (secondary N) is 1. The van der Waals surface area contributed by atoms with Gasteiger partial charge in [-0.05, 0) is 55.0 Å². The first-order valence-corrected chi connectivity index (χ1v) is 10.5. The Kier molecular flexibility index (Phi) is 5.09. The molecule has 4 rings (SSSR count). The third kappa shape index (κ3) is 4.09. The van der Waals surface area contributed by atoms with Crippen LogP contribution >= 0.6 is 0 Å². The number of nitrogens with zero attached hydrogens (tertiary/aromatic N) is 2. The van der Waals surface area contributed by atoms with Crippen molar-refractivity contribution >= 4 is 32.8 Å². The van der Waals surface area contributed by atoms with Crippen LogP contribution in [0.4, 0.5) is 0 Å². The van der Waals surface area contributed by atoms with E-state index >= 15 is 0 Å². The first-order valence-electron chi connectivity index (χ1n) is 9.13. The number of aromatic amines is 1. The lowest BCUT2D eigenvalue weighted by molar-refractivity contribution is 0.486. The van der Waals surface area contributed by atoms with Gasteiger partial charge < -0.3 is 9.17 Å². The zero-order valence-corrected chi connectivity index (χ0v) is 16.8. The molecule has 1 aromatic heterocycles. The van der Waals surface area contributed by atoms with Crippen molar-refractivity contribution in [3.8, 4) is 11.8 Å². The molecule has 30 heavy (non-hydrogen) atoms. The van der Waals surface area contributed by atoms with Gasteiger partial charge in [-0.1, -0.05) is 42.0 Å². The summed E-state index contributed by atoms with van der Waals surface area (Å²) < 4.78 is 30.3. The van der Waals surface area contributed by atoms with Crippen LogP contribution < -0.4 is 4.18 Å². The number of fused-ring (bicyclic) bond motifs is 1. The minimum atomic E-state index is -3.95. The van der Waals surface area contributed by atoms with E-state index in [0.29, 0.717) is 17.0 Å². The molecule has 0 aliphatic carbocycles. The lowest BCUT2D eigenvalue weighted by Gasteiger charge is -2.08. The Labute approximate surface area is 174 Å². The van der Waals surface area contributed by atoms with Crippen molar-refractivity contribution in [1.29, 1.82) is 5.26 Å². The summed E-state index contributed by atoms with van der Waals surface area (Å²) in [7, 11) is -3.95. The van der Waals surface area contributed by atoms with Crippen molar-refractivity contribution in [3.63, 3.8) is 0 Å². The molecule has 6 nitrogen and oxygen atoms in total. The van der Waals surface area contributed by atoms with Gasteiger partial charge in [0.05, 0.1) is 16.6 Å². The molecule has 0 saturated heterocycles. The summed E-state index contributed by atoms with van der Waals surface area (Å²) in [6.45, 7) is 1.88. The highest BCUT2D eigenvalue weighted by molar-refractivity contribution is 7.87. The van der Waals surface area contributed by atoms with Gasteiger partial charge in [0.25, 0.3) is 0 Å². The molecule has 148 valence electrons. The molecule has 0 atom stereocenters. The molecule has 1 heterocycles. The van der Waals surface area contributed by atoms with Crippen LogP contribution in [0.3, 0.4) is 0 Å². The van der Waals surface area contributed by atoms with E-state index in [1.54, 1.807) is 42.5 Å². The molecule has 0 saturated carbocycles. The van der Waals surface area contributed by atoms with Crippen molar-refractivity contribution in [1.82, 2.24) is 9.97 Å². The molecular weight excluding hydrogens is 398 g/mol. The van der Waals surface area contributed by atoms with Gasteiger partial charge in [0.2, 0.25) is 0 Å². The van der Waals surface area contributed by atoms with Crippen LogP contribution in [0, 0.1) is 18.3 Å². The fourth-order valence-electron chi connectivity index (χ4n) is 2.94. The Hall–Kier alpha value is -3.89. The molecule has 4 aromatic rings. The molecule has 0 unspecified atom stereocenters. The van der Waals surface area contributed by atoms with E-state index in [1.807, 2.05) is 31.2 Å². The van der Waals surface area contributed by atoms with Gasteiger partial charge in [-0.25, -0.2) is 4.98 Å².